The largest absolute Gasteiger partial charge is 0.384 e. The van der Waals surface area contributed by atoms with Gasteiger partial charge in [0.1, 0.15) is 11.5 Å². The molecule has 100 valence electrons. The Kier molecular flexibility index (Phi) is 4.12. The fourth-order valence-electron chi connectivity index (χ4n) is 1.71. The third-order valence-electron chi connectivity index (χ3n) is 2.65. The van der Waals surface area contributed by atoms with Crippen molar-refractivity contribution in [2.24, 2.45) is 0 Å². The number of anilines is 1. The summed E-state index contributed by atoms with van der Waals surface area (Å²) in [6.07, 6.45) is 5.06. The van der Waals surface area contributed by atoms with Crippen LogP contribution < -0.4 is 5.32 Å². The molecule has 6 heteroatoms. The first-order valence-corrected chi connectivity index (χ1v) is 6.14. The zero-order valence-electron chi connectivity index (χ0n) is 11.1. The minimum atomic E-state index is -0.126. The average Bonchev–Trinajstić information content (AvgIpc) is 2.92. The number of aromatic nitrogens is 3. The number of pyridine rings is 1. The lowest BCUT2D eigenvalue weighted by molar-refractivity contribution is 0.0776. The SMILES string of the molecule is CCNc1ccc(C(=O)N(C)Cc2ncc[nH]2)nc1. The van der Waals surface area contributed by atoms with E-state index in [0.717, 1.165) is 18.1 Å². The Labute approximate surface area is 111 Å². The predicted octanol–water partition coefficient (Wildman–Crippen LogP) is 1.51. The number of hydrogen-bond donors (Lipinski definition) is 2. The highest BCUT2D eigenvalue weighted by molar-refractivity contribution is 5.92. The van der Waals surface area contributed by atoms with Crippen molar-refractivity contribution in [1.82, 2.24) is 19.9 Å². The molecule has 0 aliphatic rings. The number of carbonyl (C=O) groups excluding carboxylic acids is 1. The van der Waals surface area contributed by atoms with E-state index in [4.69, 9.17) is 0 Å². The molecule has 19 heavy (non-hydrogen) atoms. The Balaban J connectivity index is 2.02. The quantitative estimate of drug-likeness (QED) is 0.853. The van der Waals surface area contributed by atoms with E-state index >= 15 is 0 Å². The van der Waals surface area contributed by atoms with Crippen molar-refractivity contribution in [2.75, 3.05) is 18.9 Å². The van der Waals surface area contributed by atoms with Crippen molar-refractivity contribution in [2.45, 2.75) is 13.5 Å². The van der Waals surface area contributed by atoms with Crippen LogP contribution in [0.2, 0.25) is 0 Å². The van der Waals surface area contributed by atoms with Gasteiger partial charge in [0.2, 0.25) is 0 Å². The molecule has 2 heterocycles. The number of nitrogens with one attached hydrogen (secondary N) is 2. The normalized spacial score (nSPS) is 10.2. The van der Waals surface area contributed by atoms with Crippen LogP contribution in [0.5, 0.6) is 0 Å². The van der Waals surface area contributed by atoms with Gasteiger partial charge < -0.3 is 15.2 Å². The molecular weight excluding hydrogens is 242 g/mol. The van der Waals surface area contributed by atoms with Crippen LogP contribution in [0.1, 0.15) is 23.2 Å². The first-order chi connectivity index (χ1) is 9.20. The van der Waals surface area contributed by atoms with E-state index in [-0.39, 0.29) is 5.91 Å². The summed E-state index contributed by atoms with van der Waals surface area (Å²) in [6.45, 7) is 3.27. The molecule has 0 spiro atoms. The van der Waals surface area contributed by atoms with Crippen LogP contribution >= 0.6 is 0 Å². The van der Waals surface area contributed by atoms with Crippen LogP contribution in [0, 0.1) is 0 Å². The van der Waals surface area contributed by atoms with Gasteiger partial charge in [-0.3, -0.25) is 4.79 Å². The number of nitrogens with zero attached hydrogens (tertiary/aromatic N) is 3. The molecule has 0 saturated carbocycles. The van der Waals surface area contributed by atoms with Crippen molar-refractivity contribution < 1.29 is 4.79 Å². The number of H-pyrrole nitrogens is 1. The monoisotopic (exact) mass is 259 g/mol. The van der Waals surface area contributed by atoms with Crippen molar-refractivity contribution in [3.05, 3.63) is 42.2 Å². The first-order valence-electron chi connectivity index (χ1n) is 6.14. The summed E-state index contributed by atoms with van der Waals surface area (Å²) in [4.78, 5) is 24.9. The van der Waals surface area contributed by atoms with Crippen LogP contribution in [0.15, 0.2) is 30.7 Å². The summed E-state index contributed by atoms with van der Waals surface area (Å²) >= 11 is 0. The van der Waals surface area contributed by atoms with Gasteiger partial charge in [-0.05, 0) is 19.1 Å². The van der Waals surface area contributed by atoms with E-state index in [9.17, 15) is 4.79 Å². The van der Waals surface area contributed by atoms with Crippen molar-refractivity contribution in [3.63, 3.8) is 0 Å². The molecule has 2 N–H and O–H groups in total. The highest BCUT2D eigenvalue weighted by Gasteiger charge is 2.14. The van der Waals surface area contributed by atoms with Crippen LogP contribution in [0.25, 0.3) is 0 Å². The fraction of sp³-hybridized carbons (Fsp3) is 0.308. The van der Waals surface area contributed by atoms with Crippen LogP contribution in [-0.2, 0) is 6.54 Å². The molecule has 0 aromatic carbocycles. The highest BCUT2D eigenvalue weighted by Crippen LogP contribution is 2.08. The number of amides is 1. The van der Waals surface area contributed by atoms with Crippen molar-refractivity contribution in [1.29, 1.82) is 0 Å². The van der Waals surface area contributed by atoms with Gasteiger partial charge in [0.15, 0.2) is 0 Å². The molecule has 0 saturated heterocycles. The first kappa shape index (κ1) is 13.1. The van der Waals surface area contributed by atoms with E-state index in [0.29, 0.717) is 12.2 Å². The smallest absolute Gasteiger partial charge is 0.272 e. The molecule has 0 aliphatic carbocycles. The molecule has 6 nitrogen and oxygen atoms in total. The molecule has 2 aromatic rings. The lowest BCUT2D eigenvalue weighted by Crippen LogP contribution is -2.27. The summed E-state index contributed by atoms with van der Waals surface area (Å²) < 4.78 is 0. The molecule has 0 atom stereocenters. The summed E-state index contributed by atoms with van der Waals surface area (Å²) in [5.41, 5.74) is 1.34. The van der Waals surface area contributed by atoms with E-state index < -0.39 is 0 Å². The number of carbonyl (C=O) groups is 1. The minimum Gasteiger partial charge on any atom is -0.384 e. The summed E-state index contributed by atoms with van der Waals surface area (Å²) in [5, 5.41) is 3.14. The molecule has 0 aliphatic heterocycles. The third kappa shape index (κ3) is 3.31. The minimum absolute atomic E-state index is 0.126. The molecule has 1 amide bonds. The molecule has 2 rings (SSSR count). The second-order valence-electron chi connectivity index (χ2n) is 4.16. The van der Waals surface area contributed by atoms with Crippen molar-refractivity contribution in [3.8, 4) is 0 Å². The standard InChI is InChI=1S/C13H17N5O/c1-3-14-10-4-5-11(17-8-10)13(19)18(2)9-12-15-6-7-16-12/h4-8,14H,3,9H2,1-2H3,(H,15,16). The zero-order valence-corrected chi connectivity index (χ0v) is 11.1. The Morgan fingerprint density at radius 3 is 2.84 bits per heavy atom. The maximum absolute atomic E-state index is 12.1. The van der Waals surface area contributed by atoms with Gasteiger partial charge in [0, 0.05) is 26.0 Å². The fourth-order valence-corrected chi connectivity index (χ4v) is 1.71. The van der Waals surface area contributed by atoms with Gasteiger partial charge >= 0.3 is 0 Å². The molecule has 0 radical (unpaired) electrons. The van der Waals surface area contributed by atoms with Crippen LogP contribution in [0.3, 0.4) is 0 Å². The van der Waals surface area contributed by atoms with Gasteiger partial charge in [0.25, 0.3) is 5.91 Å². The predicted molar refractivity (Wildman–Crippen MR) is 72.8 cm³/mol. The molecule has 2 aromatic heterocycles. The second-order valence-corrected chi connectivity index (χ2v) is 4.16. The van der Waals surface area contributed by atoms with Gasteiger partial charge in [-0.2, -0.15) is 0 Å². The Hall–Kier alpha value is -2.37. The number of rotatable bonds is 5. The summed E-state index contributed by atoms with van der Waals surface area (Å²) in [5.74, 6) is 0.625. The molecule has 0 fully saturated rings. The number of hydrogen-bond acceptors (Lipinski definition) is 4. The maximum atomic E-state index is 12.1. The zero-order chi connectivity index (χ0) is 13.7. The highest BCUT2D eigenvalue weighted by atomic mass is 16.2. The molecular formula is C13H17N5O. The van der Waals surface area contributed by atoms with E-state index in [1.165, 1.54) is 0 Å². The average molecular weight is 259 g/mol. The molecule has 0 unspecified atom stereocenters. The number of aromatic amines is 1. The Morgan fingerprint density at radius 2 is 2.26 bits per heavy atom. The Morgan fingerprint density at radius 1 is 1.42 bits per heavy atom. The Bertz CT molecular complexity index is 520. The number of imidazole rings is 1. The van der Waals surface area contributed by atoms with Gasteiger partial charge in [-0.25, -0.2) is 9.97 Å². The third-order valence-corrected chi connectivity index (χ3v) is 2.65. The maximum Gasteiger partial charge on any atom is 0.272 e. The molecule has 0 bridgehead atoms. The van der Waals surface area contributed by atoms with E-state index in [1.54, 1.807) is 36.6 Å². The van der Waals surface area contributed by atoms with Gasteiger partial charge in [-0.1, -0.05) is 0 Å². The second kappa shape index (κ2) is 5.99. The summed E-state index contributed by atoms with van der Waals surface area (Å²) in [7, 11) is 1.73. The van der Waals surface area contributed by atoms with Gasteiger partial charge in [-0.15, -0.1) is 0 Å². The van der Waals surface area contributed by atoms with Crippen LogP contribution in [-0.4, -0.2) is 39.4 Å². The van der Waals surface area contributed by atoms with Crippen LogP contribution in [0.4, 0.5) is 5.69 Å². The lowest BCUT2D eigenvalue weighted by Gasteiger charge is -2.15. The van der Waals surface area contributed by atoms with Gasteiger partial charge in [0.05, 0.1) is 18.4 Å². The lowest BCUT2D eigenvalue weighted by atomic mass is 10.3. The van der Waals surface area contributed by atoms with Crippen molar-refractivity contribution >= 4 is 11.6 Å². The topological polar surface area (TPSA) is 73.9 Å². The van der Waals surface area contributed by atoms with E-state index in [1.807, 2.05) is 13.0 Å². The summed E-state index contributed by atoms with van der Waals surface area (Å²) in [6, 6.07) is 3.57. The van der Waals surface area contributed by atoms with E-state index in [2.05, 4.69) is 20.3 Å².